The average molecular weight is 363 g/mol. The van der Waals surface area contributed by atoms with E-state index in [4.69, 9.17) is 5.73 Å². The van der Waals surface area contributed by atoms with E-state index in [1.54, 1.807) is 0 Å². The summed E-state index contributed by atoms with van der Waals surface area (Å²) in [5, 5.41) is 9.68. The molecule has 27 heavy (non-hydrogen) atoms. The lowest BCUT2D eigenvalue weighted by Crippen LogP contribution is -2.28. The second kappa shape index (κ2) is 9.14. The predicted octanol–water partition coefficient (Wildman–Crippen LogP) is 3.25. The number of benzene rings is 2. The first kappa shape index (κ1) is 19.6. The number of likely N-dealkylation sites (N-methyl/N-ethyl adjacent to an activating group) is 1. The molecule has 2 aromatic rings. The Hall–Kier alpha value is -2.19. The third-order valence-corrected chi connectivity index (χ3v) is 5.25. The van der Waals surface area contributed by atoms with E-state index in [0.717, 1.165) is 55.8 Å². The van der Waals surface area contributed by atoms with E-state index in [0.29, 0.717) is 0 Å². The molecule has 0 bridgehead atoms. The fourth-order valence-electron chi connectivity index (χ4n) is 3.74. The zero-order valence-electron chi connectivity index (χ0n) is 16.5. The highest BCUT2D eigenvalue weighted by molar-refractivity contribution is 5.71. The molecule has 1 saturated heterocycles. The number of nitriles is 1. The highest BCUT2D eigenvalue weighted by Gasteiger charge is 2.13. The smallest absolute Gasteiger partial charge is 0.0998 e. The van der Waals surface area contributed by atoms with Crippen molar-refractivity contribution in [2.24, 2.45) is 5.73 Å². The van der Waals surface area contributed by atoms with Gasteiger partial charge in [-0.05, 0) is 68.2 Å². The van der Waals surface area contributed by atoms with Gasteiger partial charge in [0.25, 0.3) is 0 Å². The van der Waals surface area contributed by atoms with Crippen LogP contribution in [0.15, 0.2) is 42.5 Å². The van der Waals surface area contributed by atoms with Crippen LogP contribution in [0.2, 0.25) is 0 Å². The molecular formula is C23H30N4. The van der Waals surface area contributed by atoms with Gasteiger partial charge in [0.2, 0.25) is 0 Å². The van der Waals surface area contributed by atoms with Crippen molar-refractivity contribution >= 4 is 0 Å². The second-order valence-corrected chi connectivity index (χ2v) is 7.80. The van der Waals surface area contributed by atoms with Gasteiger partial charge in [0.1, 0.15) is 0 Å². The van der Waals surface area contributed by atoms with Gasteiger partial charge in [0, 0.05) is 25.7 Å². The molecule has 1 fully saturated rings. The summed E-state index contributed by atoms with van der Waals surface area (Å²) in [6.07, 6.45) is 2.07. The summed E-state index contributed by atoms with van der Waals surface area (Å²) >= 11 is 0. The Kier molecular flexibility index (Phi) is 6.63. The summed E-state index contributed by atoms with van der Waals surface area (Å²) in [6, 6.07) is 17.3. The molecule has 0 spiro atoms. The van der Waals surface area contributed by atoms with Crippen LogP contribution >= 0.6 is 0 Å². The third-order valence-electron chi connectivity index (χ3n) is 5.25. The minimum atomic E-state index is 0.156. The van der Waals surface area contributed by atoms with Gasteiger partial charge in [0.05, 0.1) is 11.6 Å². The molecule has 1 unspecified atom stereocenters. The molecule has 0 radical (unpaired) electrons. The zero-order chi connectivity index (χ0) is 19.2. The van der Waals surface area contributed by atoms with Gasteiger partial charge in [-0.2, -0.15) is 5.26 Å². The van der Waals surface area contributed by atoms with Gasteiger partial charge in [0.15, 0.2) is 0 Å². The van der Waals surface area contributed by atoms with Crippen LogP contribution in [-0.2, 0) is 13.0 Å². The Morgan fingerprint density at radius 1 is 1.04 bits per heavy atom. The lowest BCUT2D eigenvalue weighted by Gasteiger charge is -2.20. The van der Waals surface area contributed by atoms with Crippen LogP contribution in [0.5, 0.6) is 0 Å². The number of hydrogen-bond donors (Lipinski definition) is 1. The Labute approximate surface area is 163 Å². The normalized spacial score (nSPS) is 17.3. The predicted molar refractivity (Wildman–Crippen MR) is 111 cm³/mol. The van der Waals surface area contributed by atoms with Crippen LogP contribution in [0, 0.1) is 11.3 Å². The van der Waals surface area contributed by atoms with Crippen molar-refractivity contribution in [3.05, 3.63) is 59.2 Å². The van der Waals surface area contributed by atoms with Gasteiger partial charge >= 0.3 is 0 Å². The van der Waals surface area contributed by atoms with E-state index in [1.807, 2.05) is 6.92 Å². The molecule has 3 rings (SSSR count). The minimum Gasteiger partial charge on any atom is -0.328 e. The van der Waals surface area contributed by atoms with Gasteiger partial charge in [-0.3, -0.25) is 4.90 Å². The highest BCUT2D eigenvalue weighted by Crippen LogP contribution is 2.25. The SMILES string of the molecule is CC(N)Cc1ccc(-c2ccc(CN3CCCN(C)CC3)cc2C#N)cc1. The van der Waals surface area contributed by atoms with Crippen LogP contribution in [0.3, 0.4) is 0 Å². The summed E-state index contributed by atoms with van der Waals surface area (Å²) in [4.78, 5) is 4.88. The quantitative estimate of drug-likeness (QED) is 0.887. The average Bonchev–Trinajstić information content (AvgIpc) is 2.86. The van der Waals surface area contributed by atoms with Crippen molar-refractivity contribution in [3.63, 3.8) is 0 Å². The molecule has 1 heterocycles. The zero-order valence-corrected chi connectivity index (χ0v) is 16.5. The molecule has 142 valence electrons. The van der Waals surface area contributed by atoms with Crippen LogP contribution in [0.25, 0.3) is 11.1 Å². The standard InChI is InChI=1S/C23H30N4/c1-18(25)14-19-4-7-21(8-5-19)23-9-6-20(15-22(23)16-24)17-27-11-3-10-26(2)12-13-27/h4-9,15,18H,3,10-14,17,25H2,1-2H3. The van der Waals surface area contributed by atoms with Gasteiger partial charge in [-0.25, -0.2) is 0 Å². The fourth-order valence-corrected chi connectivity index (χ4v) is 3.74. The molecule has 4 nitrogen and oxygen atoms in total. The maximum atomic E-state index is 9.68. The van der Waals surface area contributed by atoms with Crippen molar-refractivity contribution in [2.45, 2.75) is 32.4 Å². The molecule has 1 aliphatic rings. The Balaban J connectivity index is 1.75. The van der Waals surface area contributed by atoms with Crippen LogP contribution in [0.1, 0.15) is 30.0 Å². The van der Waals surface area contributed by atoms with Crippen molar-refractivity contribution in [1.29, 1.82) is 5.26 Å². The molecule has 1 aliphatic heterocycles. The number of nitrogens with two attached hydrogens (primary N) is 1. The van der Waals surface area contributed by atoms with Crippen molar-refractivity contribution < 1.29 is 0 Å². The monoisotopic (exact) mass is 362 g/mol. The van der Waals surface area contributed by atoms with Gasteiger partial charge < -0.3 is 10.6 Å². The highest BCUT2D eigenvalue weighted by atomic mass is 15.2. The maximum absolute atomic E-state index is 9.68. The molecule has 2 aromatic carbocycles. The summed E-state index contributed by atoms with van der Waals surface area (Å²) in [7, 11) is 2.19. The molecule has 0 amide bonds. The maximum Gasteiger partial charge on any atom is 0.0998 e. The van der Waals surface area contributed by atoms with Crippen LogP contribution < -0.4 is 5.73 Å². The number of hydrogen-bond acceptors (Lipinski definition) is 4. The minimum absolute atomic E-state index is 0.156. The fraction of sp³-hybridized carbons (Fsp3) is 0.435. The van der Waals surface area contributed by atoms with Gasteiger partial charge in [-0.15, -0.1) is 0 Å². The summed E-state index contributed by atoms with van der Waals surface area (Å²) < 4.78 is 0. The van der Waals surface area contributed by atoms with Crippen LogP contribution in [-0.4, -0.2) is 49.1 Å². The topological polar surface area (TPSA) is 56.3 Å². The van der Waals surface area contributed by atoms with E-state index in [2.05, 4.69) is 65.4 Å². The number of nitrogens with zero attached hydrogens (tertiary/aromatic N) is 3. The Bertz CT molecular complexity index is 789. The Morgan fingerprint density at radius 2 is 1.78 bits per heavy atom. The van der Waals surface area contributed by atoms with E-state index in [1.165, 1.54) is 17.5 Å². The van der Waals surface area contributed by atoms with Gasteiger partial charge in [-0.1, -0.05) is 36.4 Å². The summed E-state index contributed by atoms with van der Waals surface area (Å²) in [5.74, 6) is 0. The lowest BCUT2D eigenvalue weighted by molar-refractivity contribution is 0.269. The molecule has 2 N–H and O–H groups in total. The number of rotatable bonds is 5. The summed E-state index contributed by atoms with van der Waals surface area (Å²) in [5.41, 5.74) is 11.2. The van der Waals surface area contributed by atoms with E-state index in [9.17, 15) is 5.26 Å². The van der Waals surface area contributed by atoms with E-state index >= 15 is 0 Å². The molecule has 0 saturated carbocycles. The van der Waals surface area contributed by atoms with Crippen molar-refractivity contribution in [2.75, 3.05) is 33.2 Å². The molecule has 0 aliphatic carbocycles. The summed E-state index contributed by atoms with van der Waals surface area (Å²) in [6.45, 7) is 7.41. The molecule has 0 aromatic heterocycles. The van der Waals surface area contributed by atoms with Crippen LogP contribution in [0.4, 0.5) is 0 Å². The Morgan fingerprint density at radius 3 is 2.48 bits per heavy atom. The van der Waals surface area contributed by atoms with Crippen molar-refractivity contribution in [1.82, 2.24) is 9.80 Å². The molecule has 1 atom stereocenters. The first-order chi connectivity index (χ1) is 13.0. The van der Waals surface area contributed by atoms with Crippen molar-refractivity contribution in [3.8, 4) is 17.2 Å². The third kappa shape index (κ3) is 5.40. The lowest BCUT2D eigenvalue weighted by atomic mass is 9.96. The van der Waals surface area contributed by atoms with E-state index < -0.39 is 0 Å². The second-order valence-electron chi connectivity index (χ2n) is 7.80. The van der Waals surface area contributed by atoms with E-state index in [-0.39, 0.29) is 6.04 Å². The largest absolute Gasteiger partial charge is 0.328 e. The molecular weight excluding hydrogens is 332 g/mol. The first-order valence-corrected chi connectivity index (χ1v) is 9.84. The molecule has 4 heteroatoms. The first-order valence-electron chi connectivity index (χ1n) is 9.84.